The summed E-state index contributed by atoms with van der Waals surface area (Å²) in [6, 6.07) is 6.92. The van der Waals surface area contributed by atoms with Gasteiger partial charge in [-0.1, -0.05) is 24.3 Å². The van der Waals surface area contributed by atoms with Crippen molar-refractivity contribution in [2.24, 2.45) is 0 Å². The Morgan fingerprint density at radius 2 is 1.87 bits per heavy atom. The molecule has 0 aliphatic heterocycles. The van der Waals surface area contributed by atoms with Crippen LogP contribution in [0, 0.1) is 6.92 Å². The minimum Gasteiger partial charge on any atom is -0.481 e. The van der Waals surface area contributed by atoms with Crippen LogP contribution in [0.4, 0.5) is 0 Å². The predicted molar refractivity (Wildman–Crippen MR) is 53.8 cm³/mol. The molecule has 80 valence electrons. The van der Waals surface area contributed by atoms with Gasteiger partial charge in [0.25, 0.3) is 0 Å². The van der Waals surface area contributed by atoms with E-state index >= 15 is 0 Å². The topological polar surface area (TPSA) is 74.6 Å². The summed E-state index contributed by atoms with van der Waals surface area (Å²) >= 11 is 0. The lowest BCUT2D eigenvalue weighted by Crippen LogP contribution is -2.16. The molecule has 4 heteroatoms. The van der Waals surface area contributed by atoms with Gasteiger partial charge in [-0.05, 0) is 18.1 Å². The fourth-order valence-electron chi connectivity index (χ4n) is 1.48. The second kappa shape index (κ2) is 4.59. The normalized spacial score (nSPS) is 12.1. The number of aryl methyl sites for hydroxylation is 1. The highest BCUT2D eigenvalue weighted by molar-refractivity contribution is 5.82. The summed E-state index contributed by atoms with van der Waals surface area (Å²) in [6.45, 7) is 1.77. The lowest BCUT2D eigenvalue weighted by Gasteiger charge is -2.12. The van der Waals surface area contributed by atoms with Crippen LogP contribution in [0.5, 0.6) is 0 Å². The van der Waals surface area contributed by atoms with Crippen molar-refractivity contribution >= 4 is 11.9 Å². The molecular weight excluding hydrogens is 196 g/mol. The molecule has 0 heterocycles. The first-order valence-corrected chi connectivity index (χ1v) is 4.52. The third-order valence-electron chi connectivity index (χ3n) is 2.24. The van der Waals surface area contributed by atoms with Crippen molar-refractivity contribution in [1.82, 2.24) is 0 Å². The lowest BCUT2D eigenvalue weighted by atomic mass is 9.92. The summed E-state index contributed by atoms with van der Waals surface area (Å²) in [5.74, 6) is -3.18. The zero-order chi connectivity index (χ0) is 11.4. The smallest absolute Gasteiger partial charge is 0.311 e. The van der Waals surface area contributed by atoms with Crippen molar-refractivity contribution in [3.63, 3.8) is 0 Å². The summed E-state index contributed by atoms with van der Waals surface area (Å²) < 4.78 is 0. The van der Waals surface area contributed by atoms with Crippen LogP contribution in [-0.2, 0) is 9.59 Å². The summed E-state index contributed by atoms with van der Waals surface area (Å²) in [6.07, 6.45) is -0.389. The molecule has 0 bridgehead atoms. The molecule has 0 saturated heterocycles. The van der Waals surface area contributed by atoms with E-state index in [1.807, 2.05) is 0 Å². The predicted octanol–water partition coefficient (Wildman–Crippen LogP) is 1.64. The Balaban J connectivity index is 3.04. The second-order valence-corrected chi connectivity index (χ2v) is 3.35. The Labute approximate surface area is 87.2 Å². The molecule has 1 aromatic carbocycles. The van der Waals surface area contributed by atoms with Crippen molar-refractivity contribution in [2.45, 2.75) is 19.3 Å². The van der Waals surface area contributed by atoms with E-state index in [4.69, 9.17) is 10.2 Å². The van der Waals surface area contributed by atoms with E-state index in [9.17, 15) is 9.59 Å². The molecule has 4 nitrogen and oxygen atoms in total. The van der Waals surface area contributed by atoms with E-state index in [0.717, 1.165) is 5.56 Å². The van der Waals surface area contributed by atoms with Crippen molar-refractivity contribution in [3.05, 3.63) is 35.4 Å². The fraction of sp³-hybridized carbons (Fsp3) is 0.273. The maximum atomic E-state index is 10.9. The van der Waals surface area contributed by atoms with Crippen LogP contribution in [0.2, 0.25) is 0 Å². The first-order chi connectivity index (χ1) is 7.02. The third kappa shape index (κ3) is 2.80. The van der Waals surface area contributed by atoms with Crippen LogP contribution in [0.1, 0.15) is 23.5 Å². The molecule has 1 rings (SSSR count). The number of benzene rings is 1. The van der Waals surface area contributed by atoms with Gasteiger partial charge in [0.15, 0.2) is 0 Å². The lowest BCUT2D eigenvalue weighted by molar-refractivity contribution is -0.145. The molecule has 0 aliphatic rings. The van der Waals surface area contributed by atoms with Crippen LogP contribution >= 0.6 is 0 Å². The third-order valence-corrected chi connectivity index (χ3v) is 2.24. The first-order valence-electron chi connectivity index (χ1n) is 4.52. The molecular formula is C11H12O4. The van der Waals surface area contributed by atoms with E-state index in [1.54, 1.807) is 31.2 Å². The highest BCUT2D eigenvalue weighted by atomic mass is 16.4. The van der Waals surface area contributed by atoms with Crippen molar-refractivity contribution < 1.29 is 19.8 Å². The number of hydrogen-bond donors (Lipinski definition) is 2. The standard InChI is InChI=1S/C11H12O4/c1-7-4-2-3-5-8(7)9(11(14)15)6-10(12)13/h2-5,9H,6H2,1H3,(H,12,13)(H,14,15)/t9-/m0/s1. The number of aliphatic carboxylic acids is 2. The van der Waals surface area contributed by atoms with E-state index in [1.165, 1.54) is 0 Å². The highest BCUT2D eigenvalue weighted by Gasteiger charge is 2.23. The minimum atomic E-state index is -1.11. The molecule has 0 fully saturated rings. The number of carbonyl (C=O) groups is 2. The Morgan fingerprint density at radius 3 is 2.33 bits per heavy atom. The van der Waals surface area contributed by atoms with E-state index in [2.05, 4.69) is 0 Å². The minimum absolute atomic E-state index is 0.389. The van der Waals surface area contributed by atoms with Gasteiger partial charge in [0.2, 0.25) is 0 Å². The molecule has 0 saturated carbocycles. The van der Waals surface area contributed by atoms with Crippen LogP contribution < -0.4 is 0 Å². The van der Waals surface area contributed by atoms with Gasteiger partial charge in [0, 0.05) is 0 Å². The average Bonchev–Trinajstić information content (AvgIpc) is 2.15. The maximum absolute atomic E-state index is 10.9. The number of carboxylic acid groups (broad SMARTS) is 2. The van der Waals surface area contributed by atoms with E-state index in [0.29, 0.717) is 5.56 Å². The quantitative estimate of drug-likeness (QED) is 0.788. The molecule has 1 atom stereocenters. The number of hydrogen-bond acceptors (Lipinski definition) is 2. The number of rotatable bonds is 4. The van der Waals surface area contributed by atoms with Gasteiger partial charge in [0.1, 0.15) is 0 Å². The fourth-order valence-corrected chi connectivity index (χ4v) is 1.48. The molecule has 2 N–H and O–H groups in total. The highest BCUT2D eigenvalue weighted by Crippen LogP contribution is 2.23. The van der Waals surface area contributed by atoms with Gasteiger partial charge in [-0.2, -0.15) is 0 Å². The summed E-state index contributed by atoms with van der Waals surface area (Å²) in [4.78, 5) is 21.5. The Kier molecular flexibility index (Phi) is 3.44. The SMILES string of the molecule is Cc1ccccc1[C@H](CC(=O)O)C(=O)O. The van der Waals surface area contributed by atoms with Crippen LogP contribution in [0.25, 0.3) is 0 Å². The molecule has 15 heavy (non-hydrogen) atoms. The van der Waals surface area contributed by atoms with Gasteiger partial charge < -0.3 is 10.2 Å². The van der Waals surface area contributed by atoms with Gasteiger partial charge >= 0.3 is 11.9 Å². The molecule has 0 unspecified atom stereocenters. The molecule has 0 amide bonds. The van der Waals surface area contributed by atoms with Gasteiger partial charge in [-0.15, -0.1) is 0 Å². The zero-order valence-corrected chi connectivity index (χ0v) is 8.30. The van der Waals surface area contributed by atoms with Gasteiger partial charge in [-0.3, -0.25) is 9.59 Å². The van der Waals surface area contributed by atoms with Gasteiger partial charge in [0.05, 0.1) is 12.3 Å². The van der Waals surface area contributed by atoms with Crippen molar-refractivity contribution in [3.8, 4) is 0 Å². The molecule has 0 aliphatic carbocycles. The van der Waals surface area contributed by atoms with Crippen LogP contribution in [0.3, 0.4) is 0 Å². The molecule has 0 spiro atoms. The Bertz CT molecular complexity index is 384. The summed E-state index contributed by atoms with van der Waals surface area (Å²) in [7, 11) is 0. The largest absolute Gasteiger partial charge is 0.481 e. The van der Waals surface area contributed by atoms with Gasteiger partial charge in [-0.25, -0.2) is 0 Å². The molecule has 0 aromatic heterocycles. The maximum Gasteiger partial charge on any atom is 0.311 e. The van der Waals surface area contributed by atoms with E-state index in [-0.39, 0.29) is 6.42 Å². The van der Waals surface area contributed by atoms with Crippen LogP contribution in [0.15, 0.2) is 24.3 Å². The molecule has 0 radical (unpaired) electrons. The van der Waals surface area contributed by atoms with E-state index < -0.39 is 17.9 Å². The van der Waals surface area contributed by atoms with Crippen molar-refractivity contribution in [1.29, 1.82) is 0 Å². The van der Waals surface area contributed by atoms with Crippen LogP contribution in [-0.4, -0.2) is 22.2 Å². The Hall–Kier alpha value is -1.84. The Morgan fingerprint density at radius 1 is 1.27 bits per heavy atom. The second-order valence-electron chi connectivity index (χ2n) is 3.35. The monoisotopic (exact) mass is 208 g/mol. The first kappa shape index (κ1) is 11.2. The summed E-state index contributed by atoms with van der Waals surface area (Å²) in [5.41, 5.74) is 1.36. The average molecular weight is 208 g/mol. The number of carboxylic acids is 2. The molecule has 1 aromatic rings. The zero-order valence-electron chi connectivity index (χ0n) is 8.30. The summed E-state index contributed by atoms with van der Waals surface area (Å²) in [5, 5.41) is 17.6. The van der Waals surface area contributed by atoms with Crippen molar-refractivity contribution in [2.75, 3.05) is 0 Å².